The fourth-order valence-corrected chi connectivity index (χ4v) is 1.14. The SMILES string of the molecule is OC(C#CC(F)(F)F)c1ccc(Br)cc1. The van der Waals surface area contributed by atoms with Crippen molar-refractivity contribution in [3.05, 3.63) is 34.3 Å². The summed E-state index contributed by atoms with van der Waals surface area (Å²) in [5.41, 5.74) is 0.329. The second kappa shape index (κ2) is 4.69. The third kappa shape index (κ3) is 4.36. The maximum absolute atomic E-state index is 11.7. The van der Waals surface area contributed by atoms with E-state index in [4.69, 9.17) is 0 Å². The molecule has 0 radical (unpaired) electrons. The minimum atomic E-state index is -4.57. The van der Waals surface area contributed by atoms with Crippen molar-refractivity contribution < 1.29 is 18.3 Å². The van der Waals surface area contributed by atoms with Gasteiger partial charge in [0.1, 0.15) is 6.10 Å². The highest BCUT2D eigenvalue weighted by atomic mass is 79.9. The van der Waals surface area contributed by atoms with Crippen LogP contribution in [-0.4, -0.2) is 11.3 Å². The molecule has 0 bridgehead atoms. The molecule has 0 heterocycles. The molecule has 1 atom stereocenters. The number of alkyl halides is 3. The Morgan fingerprint density at radius 3 is 2.20 bits per heavy atom. The Labute approximate surface area is 93.0 Å². The van der Waals surface area contributed by atoms with Crippen LogP contribution in [0.4, 0.5) is 13.2 Å². The number of rotatable bonds is 1. The highest BCUT2D eigenvalue weighted by molar-refractivity contribution is 9.10. The van der Waals surface area contributed by atoms with Crippen molar-refractivity contribution in [3.63, 3.8) is 0 Å². The Morgan fingerprint density at radius 1 is 1.20 bits per heavy atom. The van der Waals surface area contributed by atoms with Gasteiger partial charge in [-0.1, -0.05) is 34.0 Å². The predicted octanol–water partition coefficient (Wildman–Crippen LogP) is 3.05. The van der Waals surface area contributed by atoms with E-state index in [0.29, 0.717) is 5.56 Å². The number of halogens is 4. The van der Waals surface area contributed by atoms with E-state index in [9.17, 15) is 18.3 Å². The summed E-state index contributed by atoms with van der Waals surface area (Å²) >= 11 is 3.17. The lowest BCUT2D eigenvalue weighted by Gasteiger charge is -2.03. The Morgan fingerprint density at radius 2 is 1.73 bits per heavy atom. The molecule has 0 saturated heterocycles. The zero-order valence-corrected chi connectivity index (χ0v) is 8.93. The summed E-state index contributed by atoms with van der Waals surface area (Å²) in [5.74, 6) is 2.75. The summed E-state index contributed by atoms with van der Waals surface area (Å²) in [6.45, 7) is 0. The first kappa shape index (κ1) is 12.1. The van der Waals surface area contributed by atoms with Crippen molar-refractivity contribution in [2.75, 3.05) is 0 Å². The Balaban J connectivity index is 2.80. The van der Waals surface area contributed by atoms with E-state index < -0.39 is 12.3 Å². The van der Waals surface area contributed by atoms with Crippen molar-refractivity contribution in [2.45, 2.75) is 12.3 Å². The van der Waals surface area contributed by atoms with Gasteiger partial charge in [-0.2, -0.15) is 13.2 Å². The van der Waals surface area contributed by atoms with Gasteiger partial charge < -0.3 is 5.11 Å². The standard InChI is InChI=1S/C10H6BrF3O/c11-8-3-1-7(2-4-8)9(15)5-6-10(12,13)14/h1-4,9,15H. The van der Waals surface area contributed by atoms with Crippen LogP contribution in [0.5, 0.6) is 0 Å². The average molecular weight is 279 g/mol. The normalized spacial score (nSPS) is 12.9. The topological polar surface area (TPSA) is 20.2 Å². The first-order valence-electron chi connectivity index (χ1n) is 3.91. The summed E-state index contributed by atoms with van der Waals surface area (Å²) in [5, 5.41) is 9.29. The molecule has 5 heteroatoms. The zero-order valence-electron chi connectivity index (χ0n) is 7.35. The van der Waals surface area contributed by atoms with Crippen LogP contribution in [0, 0.1) is 11.8 Å². The minimum Gasteiger partial charge on any atom is -0.376 e. The molecule has 0 spiro atoms. The first-order valence-corrected chi connectivity index (χ1v) is 4.71. The lowest BCUT2D eigenvalue weighted by molar-refractivity contribution is -0.0700. The van der Waals surface area contributed by atoms with Gasteiger partial charge in [0, 0.05) is 10.4 Å². The van der Waals surface area contributed by atoms with Crippen molar-refractivity contribution in [1.82, 2.24) is 0 Å². The molecule has 0 aliphatic heterocycles. The van der Waals surface area contributed by atoms with Gasteiger partial charge in [0.05, 0.1) is 0 Å². The molecule has 1 unspecified atom stereocenters. The molecule has 1 rings (SSSR count). The van der Waals surface area contributed by atoms with Gasteiger partial charge in [-0.05, 0) is 17.7 Å². The molecular weight excluding hydrogens is 273 g/mol. The van der Waals surface area contributed by atoms with E-state index in [0.717, 1.165) is 10.4 Å². The molecular formula is C10H6BrF3O. The average Bonchev–Trinajstić information content (AvgIpc) is 2.14. The van der Waals surface area contributed by atoms with Crippen molar-refractivity contribution in [1.29, 1.82) is 0 Å². The smallest absolute Gasteiger partial charge is 0.376 e. The zero-order chi connectivity index (χ0) is 11.5. The molecule has 1 nitrogen and oxygen atoms in total. The van der Waals surface area contributed by atoms with E-state index >= 15 is 0 Å². The molecule has 0 saturated carbocycles. The molecule has 0 fully saturated rings. The van der Waals surface area contributed by atoms with Gasteiger partial charge in [0.15, 0.2) is 0 Å². The molecule has 0 aromatic heterocycles. The number of hydrogen-bond acceptors (Lipinski definition) is 1. The molecule has 1 N–H and O–H groups in total. The molecule has 0 amide bonds. The van der Waals surface area contributed by atoms with Crippen LogP contribution in [0.25, 0.3) is 0 Å². The first-order chi connectivity index (χ1) is 6.88. The van der Waals surface area contributed by atoms with Crippen LogP contribution in [0.3, 0.4) is 0 Å². The number of aliphatic hydroxyl groups excluding tert-OH is 1. The second-order valence-electron chi connectivity index (χ2n) is 2.72. The van der Waals surface area contributed by atoms with E-state index in [2.05, 4.69) is 15.9 Å². The molecule has 1 aromatic rings. The quantitative estimate of drug-likeness (QED) is 0.783. The lowest BCUT2D eigenvalue weighted by atomic mass is 10.1. The maximum Gasteiger partial charge on any atom is 0.457 e. The van der Waals surface area contributed by atoms with Crippen LogP contribution >= 0.6 is 15.9 Å². The van der Waals surface area contributed by atoms with Crippen LogP contribution < -0.4 is 0 Å². The lowest BCUT2D eigenvalue weighted by Crippen LogP contribution is -2.03. The van der Waals surface area contributed by atoms with E-state index in [-0.39, 0.29) is 0 Å². The fraction of sp³-hybridized carbons (Fsp3) is 0.200. The third-order valence-electron chi connectivity index (χ3n) is 1.54. The van der Waals surface area contributed by atoms with Crippen molar-refractivity contribution >= 4 is 15.9 Å². The Bertz CT molecular complexity index is 386. The number of hydrogen-bond donors (Lipinski definition) is 1. The van der Waals surface area contributed by atoms with Gasteiger partial charge in [0.25, 0.3) is 0 Å². The maximum atomic E-state index is 11.7. The molecule has 80 valence electrons. The predicted molar refractivity (Wildman–Crippen MR) is 52.9 cm³/mol. The number of aliphatic hydroxyl groups is 1. The van der Waals surface area contributed by atoms with E-state index in [1.165, 1.54) is 12.1 Å². The molecule has 0 aliphatic carbocycles. The minimum absolute atomic E-state index is 0.329. The Hall–Kier alpha value is -0.990. The van der Waals surface area contributed by atoms with Crippen molar-refractivity contribution in [3.8, 4) is 11.8 Å². The monoisotopic (exact) mass is 278 g/mol. The summed E-state index contributed by atoms with van der Waals surface area (Å²) in [4.78, 5) is 0. The Kier molecular flexibility index (Phi) is 3.77. The second-order valence-corrected chi connectivity index (χ2v) is 3.64. The summed E-state index contributed by atoms with van der Waals surface area (Å²) in [6.07, 6.45) is -5.99. The highest BCUT2D eigenvalue weighted by Gasteiger charge is 2.23. The van der Waals surface area contributed by atoms with Crippen LogP contribution in [0.2, 0.25) is 0 Å². The summed E-state index contributed by atoms with van der Waals surface area (Å²) in [7, 11) is 0. The third-order valence-corrected chi connectivity index (χ3v) is 2.07. The fourth-order valence-electron chi connectivity index (χ4n) is 0.879. The summed E-state index contributed by atoms with van der Waals surface area (Å²) in [6, 6.07) is 6.24. The van der Waals surface area contributed by atoms with E-state index in [1.807, 2.05) is 0 Å². The molecule has 1 aromatic carbocycles. The van der Waals surface area contributed by atoms with Crippen LogP contribution in [0.15, 0.2) is 28.7 Å². The number of benzene rings is 1. The molecule has 15 heavy (non-hydrogen) atoms. The van der Waals surface area contributed by atoms with Crippen LogP contribution in [-0.2, 0) is 0 Å². The van der Waals surface area contributed by atoms with Crippen molar-refractivity contribution in [2.24, 2.45) is 0 Å². The largest absolute Gasteiger partial charge is 0.457 e. The van der Waals surface area contributed by atoms with Gasteiger partial charge in [-0.15, -0.1) is 0 Å². The van der Waals surface area contributed by atoms with Gasteiger partial charge in [-0.3, -0.25) is 0 Å². The highest BCUT2D eigenvalue weighted by Crippen LogP contribution is 2.18. The van der Waals surface area contributed by atoms with Gasteiger partial charge in [-0.25, -0.2) is 0 Å². The van der Waals surface area contributed by atoms with E-state index in [1.54, 1.807) is 18.1 Å². The van der Waals surface area contributed by atoms with Gasteiger partial charge in [0.2, 0.25) is 0 Å². The molecule has 0 aliphatic rings. The summed E-state index contributed by atoms with van der Waals surface area (Å²) < 4.78 is 35.9. The van der Waals surface area contributed by atoms with Gasteiger partial charge >= 0.3 is 6.18 Å². The van der Waals surface area contributed by atoms with Crippen LogP contribution in [0.1, 0.15) is 11.7 Å².